The Hall–Kier alpha value is -1.85. The molecule has 2 aliphatic heterocycles. The van der Waals surface area contributed by atoms with E-state index < -0.39 is 6.10 Å². The minimum atomic E-state index is -0.405. The monoisotopic (exact) mass is 357 g/mol. The first-order valence-electron chi connectivity index (χ1n) is 8.97. The van der Waals surface area contributed by atoms with E-state index in [4.69, 9.17) is 9.47 Å². The zero-order chi connectivity index (χ0) is 17.1. The Balaban J connectivity index is 1.47. The van der Waals surface area contributed by atoms with Gasteiger partial charge in [0.2, 0.25) is 0 Å². The van der Waals surface area contributed by atoms with Crippen molar-refractivity contribution in [2.45, 2.75) is 37.8 Å². The average Bonchev–Trinajstić information content (AvgIpc) is 3.20. The van der Waals surface area contributed by atoms with Gasteiger partial charge in [0.25, 0.3) is 5.91 Å². The third-order valence-corrected chi connectivity index (χ3v) is 6.05. The molecule has 1 saturated heterocycles. The Labute approximate surface area is 152 Å². The number of nitrogens with one attached hydrogen (secondary N) is 1. The summed E-state index contributed by atoms with van der Waals surface area (Å²) < 4.78 is 11.5. The summed E-state index contributed by atoms with van der Waals surface area (Å²) in [4.78, 5) is 14.1. The molecule has 2 unspecified atom stereocenters. The molecule has 0 saturated carbocycles. The van der Waals surface area contributed by atoms with Crippen molar-refractivity contribution in [3.63, 3.8) is 0 Å². The summed E-state index contributed by atoms with van der Waals surface area (Å²) in [6.45, 7) is 1.55. The van der Waals surface area contributed by atoms with E-state index in [0.717, 1.165) is 44.6 Å². The number of rotatable bonds is 4. The fourth-order valence-electron chi connectivity index (χ4n) is 3.69. The third-order valence-electron chi connectivity index (χ3n) is 5.09. The van der Waals surface area contributed by atoms with Gasteiger partial charge in [-0.3, -0.25) is 4.79 Å². The van der Waals surface area contributed by atoms with Gasteiger partial charge < -0.3 is 14.8 Å². The number of amides is 1. The summed E-state index contributed by atoms with van der Waals surface area (Å²) in [6.07, 6.45) is 3.18. The van der Waals surface area contributed by atoms with Crippen LogP contribution in [0.5, 0.6) is 5.75 Å². The summed E-state index contributed by atoms with van der Waals surface area (Å²) in [5.74, 6) is 1.26. The highest BCUT2D eigenvalue weighted by atomic mass is 32.1. The van der Waals surface area contributed by atoms with Crippen molar-refractivity contribution < 1.29 is 14.3 Å². The largest absolute Gasteiger partial charge is 0.480 e. The van der Waals surface area contributed by atoms with Crippen LogP contribution in [0, 0.1) is 5.92 Å². The average molecular weight is 357 g/mol. The molecule has 1 aromatic carbocycles. The fourth-order valence-corrected chi connectivity index (χ4v) is 4.56. The lowest BCUT2D eigenvalue weighted by atomic mass is 9.90. The zero-order valence-corrected chi connectivity index (χ0v) is 15.0. The van der Waals surface area contributed by atoms with Crippen LogP contribution in [0.25, 0.3) is 0 Å². The van der Waals surface area contributed by atoms with Gasteiger partial charge in [-0.15, -0.1) is 11.3 Å². The molecule has 1 N–H and O–H groups in total. The van der Waals surface area contributed by atoms with Crippen LogP contribution in [0.15, 0.2) is 41.8 Å². The first-order chi connectivity index (χ1) is 12.3. The molecule has 3 heterocycles. The maximum absolute atomic E-state index is 12.9. The van der Waals surface area contributed by atoms with E-state index in [1.165, 1.54) is 10.4 Å². The predicted molar refractivity (Wildman–Crippen MR) is 97.9 cm³/mol. The predicted octanol–water partition coefficient (Wildman–Crippen LogP) is 3.73. The van der Waals surface area contributed by atoms with Crippen LogP contribution in [0.3, 0.4) is 0 Å². The van der Waals surface area contributed by atoms with Crippen LogP contribution >= 0.6 is 11.3 Å². The number of carbonyl (C=O) groups excluding carboxylic acids is 1. The molecular formula is C20H23NO3S. The first kappa shape index (κ1) is 16.6. The molecule has 1 fully saturated rings. The molecular weight excluding hydrogens is 334 g/mol. The van der Waals surface area contributed by atoms with Crippen LogP contribution in [-0.4, -0.2) is 25.2 Å². The smallest absolute Gasteiger partial charge is 0.261 e. The number of ether oxygens (including phenoxy) is 2. The Kier molecular flexibility index (Phi) is 5.04. The van der Waals surface area contributed by atoms with Gasteiger partial charge in [-0.1, -0.05) is 24.3 Å². The molecule has 2 aromatic rings. The van der Waals surface area contributed by atoms with Crippen molar-refractivity contribution in [3.8, 4) is 5.75 Å². The molecule has 1 aromatic heterocycles. The Morgan fingerprint density at radius 1 is 1.12 bits per heavy atom. The standard InChI is InChI=1S/C20H23NO3S/c22-20(17-8-7-14-4-1-2-5-16(14)24-17)21-19(18-6-3-13-25-18)15-9-11-23-12-10-15/h1-6,13,15,17,19H,7-12H2,(H,21,22). The van der Waals surface area contributed by atoms with Crippen LogP contribution in [-0.2, 0) is 16.0 Å². The Morgan fingerprint density at radius 2 is 1.96 bits per heavy atom. The Bertz CT molecular complexity index is 709. The van der Waals surface area contributed by atoms with Gasteiger partial charge in [-0.25, -0.2) is 0 Å². The molecule has 0 spiro atoms. The van der Waals surface area contributed by atoms with E-state index in [1.807, 2.05) is 24.3 Å². The maximum atomic E-state index is 12.9. The fraction of sp³-hybridized carbons (Fsp3) is 0.450. The second-order valence-electron chi connectivity index (χ2n) is 6.70. The summed E-state index contributed by atoms with van der Waals surface area (Å²) in [6, 6.07) is 12.2. The molecule has 0 radical (unpaired) electrons. The molecule has 2 aliphatic rings. The lowest BCUT2D eigenvalue weighted by Crippen LogP contribution is -2.44. The molecule has 2 atom stereocenters. The molecule has 0 bridgehead atoms. The van der Waals surface area contributed by atoms with E-state index in [1.54, 1.807) is 11.3 Å². The van der Waals surface area contributed by atoms with Gasteiger partial charge in [-0.05, 0) is 54.7 Å². The van der Waals surface area contributed by atoms with Crippen LogP contribution in [0.4, 0.5) is 0 Å². The van der Waals surface area contributed by atoms with Crippen molar-refractivity contribution in [1.82, 2.24) is 5.32 Å². The number of aryl methyl sites for hydroxylation is 1. The molecule has 4 nitrogen and oxygen atoms in total. The zero-order valence-electron chi connectivity index (χ0n) is 14.1. The van der Waals surface area contributed by atoms with Gasteiger partial charge in [0.1, 0.15) is 5.75 Å². The minimum absolute atomic E-state index is 0.000560. The van der Waals surface area contributed by atoms with E-state index in [2.05, 4.69) is 22.8 Å². The molecule has 132 valence electrons. The molecule has 1 amide bonds. The number of thiophene rings is 1. The molecule has 5 heteroatoms. The van der Waals surface area contributed by atoms with Crippen molar-refractivity contribution in [3.05, 3.63) is 52.2 Å². The number of fused-ring (bicyclic) bond motifs is 1. The van der Waals surface area contributed by atoms with Crippen molar-refractivity contribution in [2.75, 3.05) is 13.2 Å². The number of hydrogen-bond donors (Lipinski definition) is 1. The topological polar surface area (TPSA) is 47.6 Å². The maximum Gasteiger partial charge on any atom is 0.261 e. The van der Waals surface area contributed by atoms with Gasteiger partial charge in [0, 0.05) is 18.1 Å². The number of para-hydroxylation sites is 1. The normalized spacial score (nSPS) is 21.8. The van der Waals surface area contributed by atoms with Gasteiger partial charge in [0.15, 0.2) is 6.10 Å². The number of carbonyl (C=O) groups is 1. The molecule has 25 heavy (non-hydrogen) atoms. The second-order valence-corrected chi connectivity index (χ2v) is 7.68. The van der Waals surface area contributed by atoms with Crippen LogP contribution in [0.1, 0.15) is 35.7 Å². The van der Waals surface area contributed by atoms with Gasteiger partial charge in [0.05, 0.1) is 6.04 Å². The Morgan fingerprint density at radius 3 is 2.76 bits per heavy atom. The first-order valence-corrected chi connectivity index (χ1v) is 9.85. The van der Waals surface area contributed by atoms with E-state index in [-0.39, 0.29) is 11.9 Å². The highest BCUT2D eigenvalue weighted by Gasteiger charge is 2.32. The number of hydrogen-bond acceptors (Lipinski definition) is 4. The highest BCUT2D eigenvalue weighted by Crippen LogP contribution is 2.33. The lowest BCUT2D eigenvalue weighted by Gasteiger charge is -2.32. The summed E-state index contributed by atoms with van der Waals surface area (Å²) in [5, 5.41) is 5.35. The summed E-state index contributed by atoms with van der Waals surface area (Å²) in [7, 11) is 0. The van der Waals surface area contributed by atoms with Crippen LogP contribution < -0.4 is 10.1 Å². The quantitative estimate of drug-likeness (QED) is 0.907. The molecule has 4 rings (SSSR count). The van der Waals surface area contributed by atoms with E-state index in [0.29, 0.717) is 5.92 Å². The van der Waals surface area contributed by atoms with Gasteiger partial charge in [-0.2, -0.15) is 0 Å². The highest BCUT2D eigenvalue weighted by molar-refractivity contribution is 7.10. The van der Waals surface area contributed by atoms with E-state index >= 15 is 0 Å². The van der Waals surface area contributed by atoms with E-state index in [9.17, 15) is 4.79 Å². The number of benzene rings is 1. The van der Waals surface area contributed by atoms with Crippen molar-refractivity contribution >= 4 is 17.2 Å². The second kappa shape index (κ2) is 7.58. The van der Waals surface area contributed by atoms with Crippen LogP contribution in [0.2, 0.25) is 0 Å². The van der Waals surface area contributed by atoms with Crippen molar-refractivity contribution in [1.29, 1.82) is 0 Å². The summed E-state index contributed by atoms with van der Waals surface area (Å²) >= 11 is 1.71. The third kappa shape index (κ3) is 3.72. The summed E-state index contributed by atoms with van der Waals surface area (Å²) in [5.41, 5.74) is 1.19. The van der Waals surface area contributed by atoms with Crippen molar-refractivity contribution in [2.24, 2.45) is 5.92 Å². The lowest BCUT2D eigenvalue weighted by molar-refractivity contribution is -0.130. The minimum Gasteiger partial charge on any atom is -0.480 e. The molecule has 0 aliphatic carbocycles. The van der Waals surface area contributed by atoms with Gasteiger partial charge >= 0.3 is 0 Å². The SMILES string of the molecule is O=C(NC(c1cccs1)C1CCOCC1)C1CCc2ccccc2O1.